The van der Waals surface area contributed by atoms with Crippen molar-refractivity contribution in [3.05, 3.63) is 41.2 Å². The van der Waals surface area contributed by atoms with Crippen molar-refractivity contribution >= 4 is 11.8 Å². The summed E-state index contributed by atoms with van der Waals surface area (Å²) in [7, 11) is 1.82. The van der Waals surface area contributed by atoms with Gasteiger partial charge in [-0.2, -0.15) is 5.10 Å². The first-order valence-corrected chi connectivity index (χ1v) is 7.92. The summed E-state index contributed by atoms with van der Waals surface area (Å²) in [6.45, 7) is 3.82. The summed E-state index contributed by atoms with van der Waals surface area (Å²) < 4.78 is 12.8. The Kier molecular flexibility index (Phi) is 4.60. The number of carbonyl (C=O) groups excluding carboxylic acids is 2. The SMILES string of the molecule is Cc1nn(C)c(C)c1CC(=O)NNC(=O)[C@H]1COc2ccccc2O1. The minimum absolute atomic E-state index is 0.0829. The number of nitrogens with one attached hydrogen (secondary N) is 2. The zero-order valence-electron chi connectivity index (χ0n) is 14.3. The second-order valence-corrected chi connectivity index (χ2v) is 5.85. The molecule has 1 atom stereocenters. The van der Waals surface area contributed by atoms with Gasteiger partial charge in [-0.3, -0.25) is 25.1 Å². The molecule has 0 saturated carbocycles. The smallest absolute Gasteiger partial charge is 0.283 e. The van der Waals surface area contributed by atoms with Gasteiger partial charge >= 0.3 is 0 Å². The Labute approximate surface area is 145 Å². The van der Waals surface area contributed by atoms with Crippen molar-refractivity contribution in [1.29, 1.82) is 0 Å². The summed E-state index contributed by atoms with van der Waals surface area (Å²) in [5.74, 6) is 0.298. The lowest BCUT2D eigenvalue weighted by atomic mass is 10.1. The van der Waals surface area contributed by atoms with Gasteiger partial charge in [0.2, 0.25) is 12.0 Å². The first-order valence-electron chi connectivity index (χ1n) is 7.92. The second-order valence-electron chi connectivity index (χ2n) is 5.85. The van der Waals surface area contributed by atoms with E-state index < -0.39 is 12.0 Å². The average molecular weight is 344 g/mol. The van der Waals surface area contributed by atoms with E-state index >= 15 is 0 Å². The molecule has 0 unspecified atom stereocenters. The van der Waals surface area contributed by atoms with Gasteiger partial charge in [-0.15, -0.1) is 0 Å². The van der Waals surface area contributed by atoms with Gasteiger partial charge in [0.1, 0.15) is 6.61 Å². The predicted octanol–water partition coefficient (Wildman–Crippen LogP) is 0.567. The van der Waals surface area contributed by atoms with Crippen LogP contribution < -0.4 is 20.3 Å². The van der Waals surface area contributed by atoms with Crippen molar-refractivity contribution in [2.45, 2.75) is 26.4 Å². The quantitative estimate of drug-likeness (QED) is 0.794. The lowest BCUT2D eigenvalue weighted by molar-refractivity contribution is -0.134. The van der Waals surface area contributed by atoms with E-state index in [9.17, 15) is 9.59 Å². The largest absolute Gasteiger partial charge is 0.485 e. The Bertz CT molecular complexity index is 815. The number of aromatic nitrogens is 2. The van der Waals surface area contributed by atoms with E-state index in [1.807, 2.05) is 27.0 Å². The summed E-state index contributed by atoms with van der Waals surface area (Å²) in [4.78, 5) is 24.2. The summed E-state index contributed by atoms with van der Waals surface area (Å²) in [6, 6.07) is 7.11. The van der Waals surface area contributed by atoms with Crippen molar-refractivity contribution < 1.29 is 19.1 Å². The third kappa shape index (κ3) is 3.57. The van der Waals surface area contributed by atoms with E-state index in [-0.39, 0.29) is 18.9 Å². The summed E-state index contributed by atoms with van der Waals surface area (Å²) >= 11 is 0. The van der Waals surface area contributed by atoms with Crippen LogP contribution in [0.5, 0.6) is 11.5 Å². The molecule has 25 heavy (non-hydrogen) atoms. The molecule has 132 valence electrons. The van der Waals surface area contributed by atoms with Crippen molar-refractivity contribution in [3.63, 3.8) is 0 Å². The number of ether oxygens (including phenoxy) is 2. The van der Waals surface area contributed by atoms with Crippen LogP contribution >= 0.6 is 0 Å². The molecule has 1 aliphatic heterocycles. The number of rotatable bonds is 3. The molecule has 0 fully saturated rings. The fourth-order valence-corrected chi connectivity index (χ4v) is 2.64. The number of hydrogen-bond acceptors (Lipinski definition) is 5. The Morgan fingerprint density at radius 3 is 2.64 bits per heavy atom. The van der Waals surface area contributed by atoms with Crippen LogP contribution in [0.4, 0.5) is 0 Å². The molecule has 8 heteroatoms. The number of amides is 2. The van der Waals surface area contributed by atoms with E-state index in [2.05, 4.69) is 16.0 Å². The first kappa shape index (κ1) is 16.8. The number of hydrazine groups is 1. The lowest BCUT2D eigenvalue weighted by Crippen LogP contribution is -2.51. The Balaban J connectivity index is 1.53. The van der Waals surface area contributed by atoms with Crippen molar-refractivity contribution in [1.82, 2.24) is 20.6 Å². The van der Waals surface area contributed by atoms with Crippen LogP contribution in [0.15, 0.2) is 24.3 Å². The van der Waals surface area contributed by atoms with E-state index in [0.29, 0.717) is 11.5 Å². The van der Waals surface area contributed by atoms with E-state index in [1.165, 1.54) is 0 Å². The molecule has 1 aromatic carbocycles. The average Bonchev–Trinajstić information content (AvgIpc) is 2.85. The first-order chi connectivity index (χ1) is 12.0. The van der Waals surface area contributed by atoms with E-state index in [1.54, 1.807) is 22.9 Å². The second kappa shape index (κ2) is 6.84. The van der Waals surface area contributed by atoms with Gasteiger partial charge in [0.15, 0.2) is 11.5 Å². The number of fused-ring (bicyclic) bond motifs is 1. The predicted molar refractivity (Wildman–Crippen MR) is 89.0 cm³/mol. The van der Waals surface area contributed by atoms with Gasteiger partial charge < -0.3 is 9.47 Å². The summed E-state index contributed by atoms with van der Waals surface area (Å²) in [5, 5.41) is 4.27. The molecule has 0 bridgehead atoms. The van der Waals surface area contributed by atoms with Gasteiger partial charge in [-0.1, -0.05) is 12.1 Å². The number of hydrogen-bond donors (Lipinski definition) is 2. The highest BCUT2D eigenvalue weighted by atomic mass is 16.6. The van der Waals surface area contributed by atoms with Crippen LogP contribution in [0.3, 0.4) is 0 Å². The molecule has 3 rings (SSSR count). The molecule has 2 N–H and O–H groups in total. The normalized spacial score (nSPS) is 15.6. The molecular weight excluding hydrogens is 324 g/mol. The monoisotopic (exact) mass is 344 g/mol. The van der Waals surface area contributed by atoms with Gasteiger partial charge in [0, 0.05) is 18.3 Å². The van der Waals surface area contributed by atoms with Crippen molar-refractivity contribution in [3.8, 4) is 11.5 Å². The van der Waals surface area contributed by atoms with Crippen LogP contribution in [0.2, 0.25) is 0 Å². The molecule has 0 saturated heterocycles. The van der Waals surface area contributed by atoms with Crippen LogP contribution in [-0.2, 0) is 23.1 Å². The number of aryl methyl sites for hydroxylation is 2. The van der Waals surface area contributed by atoms with E-state index in [0.717, 1.165) is 17.0 Å². The Morgan fingerprint density at radius 1 is 1.24 bits per heavy atom. The molecule has 0 aliphatic carbocycles. The Morgan fingerprint density at radius 2 is 1.96 bits per heavy atom. The van der Waals surface area contributed by atoms with Gasteiger partial charge in [0.25, 0.3) is 5.91 Å². The highest BCUT2D eigenvalue weighted by Gasteiger charge is 2.27. The molecule has 2 heterocycles. The standard InChI is InChI=1S/C17H20N4O4/c1-10-12(11(2)21(3)20-10)8-16(22)18-19-17(23)15-9-24-13-6-4-5-7-14(13)25-15/h4-7,15H,8-9H2,1-3H3,(H,18,22)(H,19,23)/t15-/m1/s1. The van der Waals surface area contributed by atoms with Crippen LogP contribution in [0.1, 0.15) is 17.0 Å². The highest BCUT2D eigenvalue weighted by Crippen LogP contribution is 2.30. The zero-order chi connectivity index (χ0) is 18.0. The topological polar surface area (TPSA) is 94.5 Å². The number of nitrogens with zero attached hydrogens (tertiary/aromatic N) is 2. The maximum Gasteiger partial charge on any atom is 0.283 e. The zero-order valence-corrected chi connectivity index (χ0v) is 14.3. The molecule has 1 aromatic heterocycles. The lowest BCUT2D eigenvalue weighted by Gasteiger charge is -2.25. The van der Waals surface area contributed by atoms with Crippen LogP contribution in [0.25, 0.3) is 0 Å². The number of benzene rings is 1. The summed E-state index contributed by atoms with van der Waals surface area (Å²) in [5.41, 5.74) is 7.34. The number of para-hydroxylation sites is 2. The molecule has 8 nitrogen and oxygen atoms in total. The molecule has 0 radical (unpaired) electrons. The number of carbonyl (C=O) groups is 2. The Hall–Kier alpha value is -3.03. The maximum absolute atomic E-state index is 12.2. The third-order valence-corrected chi connectivity index (χ3v) is 4.12. The molecule has 1 aliphatic rings. The minimum Gasteiger partial charge on any atom is -0.485 e. The summed E-state index contributed by atoms with van der Waals surface area (Å²) in [6.07, 6.45) is -0.687. The van der Waals surface area contributed by atoms with Crippen molar-refractivity contribution in [2.24, 2.45) is 7.05 Å². The van der Waals surface area contributed by atoms with Gasteiger partial charge in [-0.25, -0.2) is 0 Å². The van der Waals surface area contributed by atoms with E-state index in [4.69, 9.17) is 9.47 Å². The third-order valence-electron chi connectivity index (χ3n) is 4.12. The van der Waals surface area contributed by atoms with Crippen LogP contribution in [0, 0.1) is 13.8 Å². The highest BCUT2D eigenvalue weighted by molar-refractivity contribution is 5.86. The molecule has 0 spiro atoms. The fraction of sp³-hybridized carbons (Fsp3) is 0.353. The molecular formula is C17H20N4O4. The van der Waals surface area contributed by atoms with Gasteiger partial charge in [-0.05, 0) is 26.0 Å². The fourth-order valence-electron chi connectivity index (χ4n) is 2.64. The minimum atomic E-state index is -0.822. The molecule has 2 amide bonds. The van der Waals surface area contributed by atoms with Crippen molar-refractivity contribution in [2.75, 3.05) is 6.61 Å². The maximum atomic E-state index is 12.2. The molecule has 2 aromatic rings. The van der Waals surface area contributed by atoms with Gasteiger partial charge in [0.05, 0.1) is 12.1 Å². The van der Waals surface area contributed by atoms with Crippen LogP contribution in [-0.4, -0.2) is 34.3 Å².